The molecule has 160 valence electrons. The molecule has 2 aliphatic rings. The van der Waals surface area contributed by atoms with Gasteiger partial charge in [-0.3, -0.25) is 4.79 Å². The molecule has 0 atom stereocenters. The van der Waals surface area contributed by atoms with Gasteiger partial charge >= 0.3 is 0 Å². The van der Waals surface area contributed by atoms with Gasteiger partial charge in [-0.15, -0.1) is 0 Å². The van der Waals surface area contributed by atoms with E-state index in [9.17, 15) is 13.2 Å². The van der Waals surface area contributed by atoms with Crippen molar-refractivity contribution in [3.05, 3.63) is 59.1 Å². The highest BCUT2D eigenvalue weighted by Crippen LogP contribution is 2.25. The van der Waals surface area contributed by atoms with Crippen molar-refractivity contribution in [2.45, 2.75) is 4.90 Å². The van der Waals surface area contributed by atoms with Crippen LogP contribution in [0.15, 0.2) is 53.4 Å². The van der Waals surface area contributed by atoms with Crippen LogP contribution in [0.5, 0.6) is 0 Å². The second kappa shape index (κ2) is 8.93. The van der Waals surface area contributed by atoms with Crippen LogP contribution >= 0.6 is 11.6 Å². The Kier molecular flexibility index (Phi) is 6.29. The molecule has 0 aromatic heterocycles. The van der Waals surface area contributed by atoms with Crippen molar-refractivity contribution in [3.63, 3.8) is 0 Å². The molecule has 2 heterocycles. The van der Waals surface area contributed by atoms with Crippen LogP contribution < -0.4 is 4.90 Å². The molecule has 0 N–H and O–H groups in total. The molecule has 4 rings (SSSR count). The topological polar surface area (TPSA) is 70.2 Å². The smallest absolute Gasteiger partial charge is 0.253 e. The third-order valence-electron chi connectivity index (χ3n) is 5.47. The zero-order valence-electron chi connectivity index (χ0n) is 16.5. The summed E-state index contributed by atoms with van der Waals surface area (Å²) in [5.74, 6) is -0.0849. The molecule has 2 aromatic rings. The Morgan fingerprint density at radius 3 is 2.13 bits per heavy atom. The number of nitrogens with zero attached hydrogens (tertiary/aromatic N) is 3. The van der Waals surface area contributed by atoms with Crippen LogP contribution in [-0.2, 0) is 14.8 Å². The molecular formula is C21H24ClN3O4S. The summed E-state index contributed by atoms with van der Waals surface area (Å²) < 4.78 is 32.5. The maximum atomic E-state index is 12.9. The SMILES string of the molecule is O=C(c1ccc(N2CCOCC2)cc1)N1CCN(S(=O)(=O)c2ccccc2Cl)CC1. The van der Waals surface area contributed by atoms with Crippen LogP contribution in [0.2, 0.25) is 5.02 Å². The Morgan fingerprint density at radius 2 is 1.50 bits per heavy atom. The summed E-state index contributed by atoms with van der Waals surface area (Å²) in [5.41, 5.74) is 1.68. The van der Waals surface area contributed by atoms with Crippen molar-refractivity contribution in [2.75, 3.05) is 57.4 Å². The van der Waals surface area contributed by atoms with Gasteiger partial charge in [0.15, 0.2) is 0 Å². The van der Waals surface area contributed by atoms with E-state index in [-0.39, 0.29) is 28.9 Å². The Bertz CT molecular complexity index is 999. The summed E-state index contributed by atoms with van der Waals surface area (Å²) in [7, 11) is -3.68. The van der Waals surface area contributed by atoms with Gasteiger partial charge in [0, 0.05) is 50.5 Å². The number of hydrogen-bond donors (Lipinski definition) is 0. The molecule has 2 fully saturated rings. The molecule has 2 aromatic carbocycles. The number of morpholine rings is 1. The number of ether oxygens (including phenoxy) is 1. The minimum Gasteiger partial charge on any atom is -0.378 e. The first-order chi connectivity index (χ1) is 14.5. The van der Waals surface area contributed by atoms with Crippen LogP contribution in [0.1, 0.15) is 10.4 Å². The fraction of sp³-hybridized carbons (Fsp3) is 0.381. The highest BCUT2D eigenvalue weighted by Gasteiger charge is 2.31. The lowest BCUT2D eigenvalue weighted by molar-refractivity contribution is 0.0698. The molecule has 30 heavy (non-hydrogen) atoms. The molecule has 0 bridgehead atoms. The molecule has 2 saturated heterocycles. The lowest BCUT2D eigenvalue weighted by Crippen LogP contribution is -2.50. The van der Waals surface area contributed by atoms with Gasteiger partial charge in [-0.05, 0) is 36.4 Å². The van der Waals surface area contributed by atoms with Gasteiger partial charge in [0.25, 0.3) is 5.91 Å². The monoisotopic (exact) mass is 449 g/mol. The number of sulfonamides is 1. The number of piperazine rings is 1. The fourth-order valence-corrected chi connectivity index (χ4v) is 5.66. The summed E-state index contributed by atoms with van der Waals surface area (Å²) in [5, 5.41) is 0.205. The first-order valence-corrected chi connectivity index (χ1v) is 11.8. The quantitative estimate of drug-likeness (QED) is 0.716. The lowest BCUT2D eigenvalue weighted by atomic mass is 10.1. The number of amides is 1. The molecule has 0 spiro atoms. The molecule has 0 aliphatic carbocycles. The van der Waals surface area contributed by atoms with E-state index in [0.29, 0.717) is 31.9 Å². The van der Waals surface area contributed by atoms with Gasteiger partial charge in [0.1, 0.15) is 4.90 Å². The van der Waals surface area contributed by atoms with Gasteiger partial charge in [0.2, 0.25) is 10.0 Å². The zero-order chi connectivity index (χ0) is 21.1. The van der Waals surface area contributed by atoms with Gasteiger partial charge in [-0.1, -0.05) is 23.7 Å². The first-order valence-electron chi connectivity index (χ1n) is 9.93. The molecule has 0 radical (unpaired) electrons. The van der Waals surface area contributed by atoms with E-state index < -0.39 is 10.0 Å². The van der Waals surface area contributed by atoms with Crippen LogP contribution in [0.3, 0.4) is 0 Å². The summed E-state index contributed by atoms with van der Waals surface area (Å²) in [4.78, 5) is 16.9. The third-order valence-corrected chi connectivity index (χ3v) is 7.87. The number of carbonyl (C=O) groups is 1. The van der Waals surface area contributed by atoms with Crippen molar-refractivity contribution in [2.24, 2.45) is 0 Å². The Morgan fingerprint density at radius 1 is 0.867 bits per heavy atom. The average molecular weight is 450 g/mol. The molecule has 2 aliphatic heterocycles. The number of carbonyl (C=O) groups excluding carboxylic acids is 1. The van der Waals surface area contributed by atoms with E-state index in [4.69, 9.17) is 16.3 Å². The van der Waals surface area contributed by atoms with Crippen LogP contribution in [0.4, 0.5) is 5.69 Å². The zero-order valence-corrected chi connectivity index (χ0v) is 18.1. The van der Waals surface area contributed by atoms with Crippen molar-refractivity contribution in [1.82, 2.24) is 9.21 Å². The van der Waals surface area contributed by atoms with Crippen LogP contribution in [-0.4, -0.2) is 76.0 Å². The van der Waals surface area contributed by atoms with E-state index in [1.807, 2.05) is 24.3 Å². The summed E-state index contributed by atoms with van der Waals surface area (Å²) in [6.07, 6.45) is 0. The predicted octanol–water partition coefficient (Wildman–Crippen LogP) is 2.32. The Labute approximate surface area is 181 Å². The van der Waals surface area contributed by atoms with Gasteiger partial charge in [-0.2, -0.15) is 4.31 Å². The largest absolute Gasteiger partial charge is 0.378 e. The summed E-state index contributed by atoms with van der Waals surface area (Å²) >= 11 is 6.08. The van der Waals surface area contributed by atoms with E-state index >= 15 is 0 Å². The minimum absolute atomic E-state index is 0.0849. The predicted molar refractivity (Wildman–Crippen MR) is 116 cm³/mol. The minimum atomic E-state index is -3.68. The number of hydrogen-bond acceptors (Lipinski definition) is 5. The Hall–Kier alpha value is -2.13. The molecular weight excluding hydrogens is 426 g/mol. The maximum Gasteiger partial charge on any atom is 0.253 e. The number of anilines is 1. The number of benzene rings is 2. The third kappa shape index (κ3) is 4.32. The second-order valence-corrected chi connectivity index (χ2v) is 9.59. The van der Waals surface area contributed by atoms with Crippen LogP contribution in [0.25, 0.3) is 0 Å². The number of rotatable bonds is 4. The van der Waals surface area contributed by atoms with Crippen LogP contribution in [0, 0.1) is 0 Å². The van der Waals surface area contributed by atoms with E-state index in [1.165, 1.54) is 10.4 Å². The fourth-order valence-electron chi connectivity index (χ4n) is 3.74. The van der Waals surface area contributed by atoms with E-state index in [1.54, 1.807) is 23.1 Å². The lowest BCUT2D eigenvalue weighted by Gasteiger charge is -2.34. The second-order valence-electron chi connectivity index (χ2n) is 7.27. The molecule has 1 amide bonds. The Balaban J connectivity index is 1.39. The maximum absolute atomic E-state index is 12.9. The number of halogens is 1. The molecule has 0 unspecified atom stereocenters. The van der Waals surface area contributed by atoms with Gasteiger partial charge in [0.05, 0.1) is 18.2 Å². The summed E-state index contributed by atoms with van der Waals surface area (Å²) in [6, 6.07) is 14.0. The standard InChI is InChI=1S/C21H24ClN3O4S/c22-19-3-1-2-4-20(19)30(27,28)25-11-9-24(10-12-25)21(26)17-5-7-18(8-6-17)23-13-15-29-16-14-23/h1-8H,9-16H2. The van der Waals surface area contributed by atoms with Gasteiger partial charge < -0.3 is 14.5 Å². The molecule has 0 saturated carbocycles. The van der Waals surface area contributed by atoms with Crippen molar-refractivity contribution < 1.29 is 17.9 Å². The molecule has 7 nitrogen and oxygen atoms in total. The summed E-state index contributed by atoms with van der Waals surface area (Å²) in [6.45, 7) is 4.27. The van der Waals surface area contributed by atoms with Gasteiger partial charge in [-0.25, -0.2) is 8.42 Å². The van der Waals surface area contributed by atoms with Crippen molar-refractivity contribution in [3.8, 4) is 0 Å². The van der Waals surface area contributed by atoms with E-state index in [2.05, 4.69) is 4.90 Å². The highest BCUT2D eigenvalue weighted by molar-refractivity contribution is 7.89. The normalized spacial score (nSPS) is 18.4. The highest BCUT2D eigenvalue weighted by atomic mass is 35.5. The average Bonchev–Trinajstić information content (AvgIpc) is 2.79. The molecule has 9 heteroatoms. The van der Waals surface area contributed by atoms with Crippen molar-refractivity contribution in [1.29, 1.82) is 0 Å². The first kappa shape index (κ1) is 21.1. The van der Waals surface area contributed by atoms with Crippen molar-refractivity contribution >= 4 is 33.2 Å². The van der Waals surface area contributed by atoms with E-state index in [0.717, 1.165) is 18.8 Å².